The third-order valence-corrected chi connectivity index (χ3v) is 5.69. The van der Waals surface area contributed by atoms with E-state index in [1.165, 1.54) is 0 Å². The van der Waals surface area contributed by atoms with Gasteiger partial charge in [-0.2, -0.15) is 0 Å². The Labute approximate surface area is 167 Å². The molecule has 0 aliphatic heterocycles. The van der Waals surface area contributed by atoms with Crippen LogP contribution in [0.4, 0.5) is 0 Å². The fourth-order valence-corrected chi connectivity index (χ4v) is 4.24. The molecule has 0 bridgehead atoms. The molecule has 28 heavy (non-hydrogen) atoms. The maximum atomic E-state index is 12.9. The number of aliphatic hydroxyl groups excluding tert-OH is 1. The van der Waals surface area contributed by atoms with Crippen molar-refractivity contribution in [1.29, 1.82) is 0 Å². The maximum Gasteiger partial charge on any atom is 0.252 e. The number of nitrogens with one attached hydrogen (secondary N) is 2. The quantitative estimate of drug-likeness (QED) is 0.451. The molecule has 142 valence electrons. The van der Waals surface area contributed by atoms with Crippen LogP contribution in [0.15, 0.2) is 66.3 Å². The molecule has 5 nitrogen and oxygen atoms in total. The Morgan fingerprint density at radius 3 is 2.86 bits per heavy atom. The molecule has 3 heterocycles. The molecular weight excluding hydrogens is 370 g/mol. The number of aromatic amines is 1. The fraction of sp³-hybridized carbons (Fsp3) is 0.182. The Morgan fingerprint density at radius 2 is 2.04 bits per heavy atom. The maximum absolute atomic E-state index is 12.9. The number of aromatic nitrogens is 2. The zero-order chi connectivity index (χ0) is 19.3. The average molecular weight is 391 g/mol. The first-order valence-corrected chi connectivity index (χ1v) is 10.1. The highest BCUT2D eigenvalue weighted by Crippen LogP contribution is 2.24. The lowest BCUT2D eigenvalue weighted by Gasteiger charge is -2.16. The number of fused-ring (bicyclic) bond motifs is 1. The largest absolute Gasteiger partial charge is 0.394 e. The monoisotopic (exact) mass is 391 g/mol. The van der Waals surface area contributed by atoms with E-state index in [-0.39, 0.29) is 18.6 Å². The normalized spacial score (nSPS) is 12.2. The minimum atomic E-state index is -0.319. The van der Waals surface area contributed by atoms with E-state index in [2.05, 4.69) is 15.3 Å². The van der Waals surface area contributed by atoms with E-state index in [1.807, 2.05) is 60.1 Å². The Hall–Kier alpha value is -2.96. The number of pyridine rings is 1. The Kier molecular flexibility index (Phi) is 5.50. The van der Waals surface area contributed by atoms with Crippen molar-refractivity contribution < 1.29 is 9.90 Å². The molecule has 0 saturated heterocycles. The van der Waals surface area contributed by atoms with E-state index in [0.717, 1.165) is 27.0 Å². The Bertz CT molecular complexity index is 1070. The number of carbonyl (C=O) groups is 1. The first-order valence-electron chi connectivity index (χ1n) is 9.17. The molecule has 0 radical (unpaired) electrons. The minimum Gasteiger partial charge on any atom is -0.394 e. The Morgan fingerprint density at radius 1 is 1.18 bits per heavy atom. The molecular formula is C22H21N3O2S. The number of H-pyrrole nitrogens is 1. The number of aliphatic hydroxyl groups is 1. The summed E-state index contributed by atoms with van der Waals surface area (Å²) in [5, 5.41) is 15.7. The molecule has 3 N–H and O–H groups in total. The van der Waals surface area contributed by atoms with Gasteiger partial charge in [0.1, 0.15) is 5.65 Å². The van der Waals surface area contributed by atoms with Crippen molar-refractivity contribution in [2.75, 3.05) is 6.61 Å². The molecule has 1 atom stereocenters. The average Bonchev–Trinajstić information content (AvgIpc) is 3.38. The van der Waals surface area contributed by atoms with Gasteiger partial charge in [0, 0.05) is 29.1 Å². The summed E-state index contributed by atoms with van der Waals surface area (Å²) in [5.74, 6) is -0.148. The number of thiophene rings is 1. The first-order chi connectivity index (χ1) is 13.7. The second-order valence-electron chi connectivity index (χ2n) is 6.69. The van der Waals surface area contributed by atoms with Crippen LogP contribution in [0.1, 0.15) is 26.4 Å². The lowest BCUT2D eigenvalue weighted by molar-refractivity contribution is 0.0916. The predicted molar refractivity (Wildman–Crippen MR) is 112 cm³/mol. The number of carbonyl (C=O) groups excluding carboxylic acids is 1. The van der Waals surface area contributed by atoms with Crippen LogP contribution in [0.5, 0.6) is 0 Å². The molecule has 1 aromatic carbocycles. The fourth-order valence-electron chi connectivity index (χ4n) is 3.35. The van der Waals surface area contributed by atoms with Crippen LogP contribution in [-0.2, 0) is 12.8 Å². The van der Waals surface area contributed by atoms with Gasteiger partial charge >= 0.3 is 0 Å². The van der Waals surface area contributed by atoms with Gasteiger partial charge in [0.25, 0.3) is 5.91 Å². The molecule has 4 aromatic rings. The van der Waals surface area contributed by atoms with Crippen molar-refractivity contribution >= 4 is 28.3 Å². The summed E-state index contributed by atoms with van der Waals surface area (Å²) < 4.78 is 0. The van der Waals surface area contributed by atoms with E-state index in [1.54, 1.807) is 17.5 Å². The highest BCUT2D eigenvalue weighted by Gasteiger charge is 2.18. The van der Waals surface area contributed by atoms with Crippen molar-refractivity contribution in [3.8, 4) is 0 Å². The van der Waals surface area contributed by atoms with E-state index in [0.29, 0.717) is 18.4 Å². The van der Waals surface area contributed by atoms with Gasteiger partial charge in [0.2, 0.25) is 0 Å². The third kappa shape index (κ3) is 3.98. The molecule has 0 aliphatic carbocycles. The van der Waals surface area contributed by atoms with Crippen LogP contribution in [0.25, 0.3) is 11.0 Å². The van der Waals surface area contributed by atoms with Crippen LogP contribution in [-0.4, -0.2) is 33.6 Å². The van der Waals surface area contributed by atoms with Crippen LogP contribution in [0.3, 0.4) is 0 Å². The van der Waals surface area contributed by atoms with Crippen molar-refractivity contribution in [3.63, 3.8) is 0 Å². The summed E-state index contributed by atoms with van der Waals surface area (Å²) in [4.78, 5) is 21.3. The van der Waals surface area contributed by atoms with Crippen molar-refractivity contribution in [1.82, 2.24) is 15.3 Å². The molecule has 0 saturated carbocycles. The summed E-state index contributed by atoms with van der Waals surface area (Å²) in [5.41, 5.74) is 3.73. The lowest BCUT2D eigenvalue weighted by Crippen LogP contribution is -2.39. The number of rotatable bonds is 7. The number of nitrogens with zero attached hydrogens (tertiary/aromatic N) is 1. The van der Waals surface area contributed by atoms with Crippen LogP contribution in [0.2, 0.25) is 0 Å². The summed E-state index contributed by atoms with van der Waals surface area (Å²) in [6, 6.07) is 15.4. The van der Waals surface area contributed by atoms with Gasteiger partial charge in [-0.15, -0.1) is 11.3 Å². The van der Waals surface area contributed by atoms with Gasteiger partial charge in [0.15, 0.2) is 0 Å². The van der Waals surface area contributed by atoms with Gasteiger partial charge in [-0.1, -0.05) is 30.3 Å². The summed E-state index contributed by atoms with van der Waals surface area (Å²) in [6.45, 7) is -0.103. The van der Waals surface area contributed by atoms with Crippen molar-refractivity contribution in [2.45, 2.75) is 18.9 Å². The van der Waals surface area contributed by atoms with Gasteiger partial charge in [-0.3, -0.25) is 4.79 Å². The number of hydrogen-bond donors (Lipinski definition) is 3. The van der Waals surface area contributed by atoms with Crippen LogP contribution < -0.4 is 5.32 Å². The molecule has 4 rings (SSSR count). The SMILES string of the molecule is O=C(N[C@@H](CO)Cc1ccccc1)c1ccsc1Cc1ccnc2[nH]ccc12. The van der Waals surface area contributed by atoms with Crippen LogP contribution in [0, 0.1) is 0 Å². The summed E-state index contributed by atoms with van der Waals surface area (Å²) in [7, 11) is 0. The standard InChI is InChI=1S/C22H21N3O2S/c26-14-17(12-15-4-2-1-3-5-15)25-22(27)19-8-11-28-20(19)13-16-6-9-23-21-18(16)7-10-24-21/h1-11,17,26H,12-14H2,(H,23,24)(H,25,27)/t17-/m1/s1. The molecule has 0 unspecified atom stereocenters. The smallest absolute Gasteiger partial charge is 0.252 e. The predicted octanol–water partition coefficient (Wildman–Crippen LogP) is 3.55. The minimum absolute atomic E-state index is 0.103. The zero-order valence-corrected chi connectivity index (χ0v) is 16.1. The molecule has 3 aromatic heterocycles. The lowest BCUT2D eigenvalue weighted by atomic mass is 10.0. The van der Waals surface area contributed by atoms with Gasteiger partial charge in [-0.05, 0) is 41.1 Å². The van der Waals surface area contributed by atoms with E-state index < -0.39 is 0 Å². The van der Waals surface area contributed by atoms with E-state index >= 15 is 0 Å². The van der Waals surface area contributed by atoms with E-state index in [9.17, 15) is 9.90 Å². The Balaban J connectivity index is 1.50. The van der Waals surface area contributed by atoms with Crippen LogP contribution >= 0.6 is 11.3 Å². The second-order valence-corrected chi connectivity index (χ2v) is 7.69. The third-order valence-electron chi connectivity index (χ3n) is 4.77. The highest BCUT2D eigenvalue weighted by atomic mass is 32.1. The number of amides is 1. The highest BCUT2D eigenvalue weighted by molar-refractivity contribution is 7.10. The summed E-state index contributed by atoms with van der Waals surface area (Å²) >= 11 is 1.57. The number of benzene rings is 1. The summed E-state index contributed by atoms with van der Waals surface area (Å²) in [6.07, 6.45) is 4.92. The second kappa shape index (κ2) is 8.37. The first kappa shape index (κ1) is 18.4. The topological polar surface area (TPSA) is 78.0 Å². The molecule has 0 fully saturated rings. The van der Waals surface area contributed by atoms with E-state index in [4.69, 9.17) is 0 Å². The van der Waals surface area contributed by atoms with Gasteiger partial charge in [0.05, 0.1) is 18.2 Å². The van der Waals surface area contributed by atoms with Crippen molar-refractivity contribution in [3.05, 3.63) is 87.9 Å². The zero-order valence-electron chi connectivity index (χ0n) is 15.3. The molecule has 0 spiro atoms. The van der Waals surface area contributed by atoms with Gasteiger partial charge < -0.3 is 15.4 Å². The van der Waals surface area contributed by atoms with Crippen molar-refractivity contribution in [2.24, 2.45) is 0 Å². The van der Waals surface area contributed by atoms with Gasteiger partial charge in [-0.25, -0.2) is 4.98 Å². The molecule has 6 heteroatoms. The molecule has 0 aliphatic rings. The number of hydrogen-bond acceptors (Lipinski definition) is 4. The molecule has 1 amide bonds.